The van der Waals surface area contributed by atoms with Crippen molar-refractivity contribution in [3.05, 3.63) is 50.0 Å². The lowest BCUT2D eigenvalue weighted by Gasteiger charge is -2.08. The molecular formula is C13H15N3O3S. The molecule has 0 bridgehead atoms. The van der Waals surface area contributed by atoms with Gasteiger partial charge in [0.2, 0.25) is 0 Å². The van der Waals surface area contributed by atoms with Gasteiger partial charge in [-0.15, -0.1) is 11.3 Å². The van der Waals surface area contributed by atoms with Crippen LogP contribution in [0.4, 0.5) is 5.69 Å². The molecule has 0 aliphatic heterocycles. The van der Waals surface area contributed by atoms with Crippen molar-refractivity contribution >= 4 is 17.0 Å². The van der Waals surface area contributed by atoms with Gasteiger partial charge in [0.1, 0.15) is 0 Å². The number of nitro benzene ring substituents is 1. The zero-order chi connectivity index (χ0) is 14.5. The van der Waals surface area contributed by atoms with Gasteiger partial charge in [0.05, 0.1) is 22.7 Å². The Hall–Kier alpha value is -1.99. The SMILES string of the molecule is Cc1ncsc1CCOc1cc(CN)ccc1[N+](=O)[O-]. The van der Waals surface area contributed by atoms with E-state index in [1.807, 2.05) is 6.92 Å². The molecule has 0 aliphatic carbocycles. The molecule has 0 fully saturated rings. The Morgan fingerprint density at radius 1 is 1.50 bits per heavy atom. The minimum absolute atomic E-state index is 0.0387. The van der Waals surface area contributed by atoms with E-state index in [9.17, 15) is 10.1 Å². The van der Waals surface area contributed by atoms with Crippen molar-refractivity contribution in [1.82, 2.24) is 4.98 Å². The van der Waals surface area contributed by atoms with Gasteiger partial charge in [0, 0.05) is 23.9 Å². The smallest absolute Gasteiger partial charge is 0.310 e. The number of benzene rings is 1. The Morgan fingerprint density at radius 3 is 2.90 bits per heavy atom. The van der Waals surface area contributed by atoms with Gasteiger partial charge in [-0.05, 0) is 18.6 Å². The van der Waals surface area contributed by atoms with Gasteiger partial charge in [-0.25, -0.2) is 4.98 Å². The topological polar surface area (TPSA) is 91.3 Å². The third kappa shape index (κ3) is 3.31. The summed E-state index contributed by atoms with van der Waals surface area (Å²) < 4.78 is 5.55. The van der Waals surface area contributed by atoms with Gasteiger partial charge in [-0.1, -0.05) is 6.07 Å². The van der Waals surface area contributed by atoms with Gasteiger partial charge in [0.25, 0.3) is 0 Å². The average Bonchev–Trinajstić information content (AvgIpc) is 2.84. The minimum Gasteiger partial charge on any atom is -0.486 e. The summed E-state index contributed by atoms with van der Waals surface area (Å²) in [6.45, 7) is 2.63. The van der Waals surface area contributed by atoms with Crippen LogP contribution in [-0.4, -0.2) is 16.5 Å². The van der Waals surface area contributed by atoms with E-state index in [1.165, 1.54) is 6.07 Å². The number of hydrogen-bond donors (Lipinski definition) is 1. The maximum absolute atomic E-state index is 11.0. The maximum Gasteiger partial charge on any atom is 0.310 e. The van der Waals surface area contributed by atoms with Crippen LogP contribution < -0.4 is 10.5 Å². The third-order valence-electron chi connectivity index (χ3n) is 2.89. The number of aromatic nitrogens is 1. The molecule has 0 aliphatic rings. The molecule has 0 spiro atoms. The standard InChI is InChI=1S/C13H15N3O3S/c1-9-13(20-8-15-9)4-5-19-12-6-10(7-14)2-3-11(12)16(17)18/h2-3,6,8H,4-5,7,14H2,1H3. The Labute approximate surface area is 120 Å². The second-order valence-corrected chi connectivity index (χ2v) is 5.16. The fourth-order valence-electron chi connectivity index (χ4n) is 1.77. The lowest BCUT2D eigenvalue weighted by Crippen LogP contribution is -2.05. The van der Waals surface area contributed by atoms with Crippen molar-refractivity contribution in [3.8, 4) is 5.75 Å². The van der Waals surface area contributed by atoms with Crippen molar-refractivity contribution in [3.63, 3.8) is 0 Å². The molecule has 0 saturated carbocycles. The zero-order valence-corrected chi connectivity index (χ0v) is 11.9. The van der Waals surface area contributed by atoms with Crippen LogP contribution in [0.2, 0.25) is 0 Å². The first-order chi connectivity index (χ1) is 9.61. The molecule has 0 radical (unpaired) electrons. The van der Waals surface area contributed by atoms with E-state index in [2.05, 4.69) is 4.98 Å². The highest BCUT2D eigenvalue weighted by Crippen LogP contribution is 2.28. The predicted octanol–water partition coefficient (Wildman–Crippen LogP) is 2.44. The molecule has 7 heteroatoms. The number of ether oxygens (including phenoxy) is 1. The van der Waals surface area contributed by atoms with Crippen LogP contribution in [0, 0.1) is 17.0 Å². The van der Waals surface area contributed by atoms with Crippen molar-refractivity contribution in [1.29, 1.82) is 0 Å². The lowest BCUT2D eigenvalue weighted by atomic mass is 10.2. The normalized spacial score (nSPS) is 10.5. The Morgan fingerprint density at radius 2 is 2.30 bits per heavy atom. The predicted molar refractivity (Wildman–Crippen MR) is 77.0 cm³/mol. The number of hydrogen-bond acceptors (Lipinski definition) is 6. The van der Waals surface area contributed by atoms with Crippen LogP contribution in [0.3, 0.4) is 0 Å². The molecule has 1 heterocycles. The molecular weight excluding hydrogens is 278 g/mol. The highest BCUT2D eigenvalue weighted by molar-refractivity contribution is 7.09. The van der Waals surface area contributed by atoms with Crippen LogP contribution in [-0.2, 0) is 13.0 Å². The van der Waals surface area contributed by atoms with E-state index in [4.69, 9.17) is 10.5 Å². The molecule has 2 N–H and O–H groups in total. The van der Waals surface area contributed by atoms with Crippen LogP contribution >= 0.6 is 11.3 Å². The molecule has 20 heavy (non-hydrogen) atoms. The Bertz CT molecular complexity index is 613. The highest BCUT2D eigenvalue weighted by Gasteiger charge is 2.15. The largest absolute Gasteiger partial charge is 0.486 e. The second-order valence-electron chi connectivity index (χ2n) is 4.22. The summed E-state index contributed by atoms with van der Waals surface area (Å²) >= 11 is 1.56. The summed E-state index contributed by atoms with van der Waals surface area (Å²) in [7, 11) is 0. The molecule has 106 valence electrons. The van der Waals surface area contributed by atoms with E-state index in [1.54, 1.807) is 29.0 Å². The lowest BCUT2D eigenvalue weighted by molar-refractivity contribution is -0.385. The summed E-state index contributed by atoms with van der Waals surface area (Å²) in [6, 6.07) is 4.69. The van der Waals surface area contributed by atoms with Crippen LogP contribution in [0.5, 0.6) is 5.75 Å². The zero-order valence-electron chi connectivity index (χ0n) is 11.0. The summed E-state index contributed by atoms with van der Waals surface area (Å²) in [5.74, 6) is 0.264. The Kier molecular flexibility index (Phi) is 4.65. The van der Waals surface area contributed by atoms with Crippen molar-refractivity contribution in [2.75, 3.05) is 6.61 Å². The van der Waals surface area contributed by atoms with Crippen LogP contribution in [0.1, 0.15) is 16.1 Å². The van der Waals surface area contributed by atoms with Crippen molar-refractivity contribution in [2.45, 2.75) is 19.9 Å². The fourth-order valence-corrected chi connectivity index (χ4v) is 2.53. The number of thiazole rings is 1. The summed E-state index contributed by atoms with van der Waals surface area (Å²) in [4.78, 5) is 15.8. The quantitative estimate of drug-likeness (QED) is 0.652. The first-order valence-electron chi connectivity index (χ1n) is 6.11. The molecule has 6 nitrogen and oxygen atoms in total. The van der Waals surface area contributed by atoms with Gasteiger partial charge in [0.15, 0.2) is 5.75 Å². The van der Waals surface area contributed by atoms with Gasteiger partial charge >= 0.3 is 5.69 Å². The summed E-state index contributed by atoms with van der Waals surface area (Å²) in [5, 5.41) is 11.0. The molecule has 2 aromatic rings. The number of nitrogens with zero attached hydrogens (tertiary/aromatic N) is 2. The molecule has 2 rings (SSSR count). The molecule has 1 aromatic heterocycles. The number of nitrogens with two attached hydrogens (primary N) is 1. The van der Waals surface area contributed by atoms with Crippen molar-refractivity contribution < 1.29 is 9.66 Å². The van der Waals surface area contributed by atoms with E-state index in [-0.39, 0.29) is 11.4 Å². The first kappa shape index (κ1) is 14.4. The van der Waals surface area contributed by atoms with Crippen LogP contribution in [0.25, 0.3) is 0 Å². The molecule has 0 amide bonds. The monoisotopic (exact) mass is 293 g/mol. The van der Waals surface area contributed by atoms with Crippen molar-refractivity contribution in [2.24, 2.45) is 5.73 Å². The van der Waals surface area contributed by atoms with Gasteiger partial charge in [-0.2, -0.15) is 0 Å². The van der Waals surface area contributed by atoms with E-state index in [0.29, 0.717) is 19.6 Å². The van der Waals surface area contributed by atoms with E-state index in [0.717, 1.165) is 16.1 Å². The average molecular weight is 293 g/mol. The number of nitro groups is 1. The number of rotatable bonds is 6. The molecule has 0 saturated heterocycles. The van der Waals surface area contributed by atoms with E-state index < -0.39 is 4.92 Å². The van der Waals surface area contributed by atoms with Gasteiger partial charge in [-0.3, -0.25) is 10.1 Å². The van der Waals surface area contributed by atoms with Crippen LogP contribution in [0.15, 0.2) is 23.7 Å². The minimum atomic E-state index is -0.451. The second kappa shape index (κ2) is 6.44. The first-order valence-corrected chi connectivity index (χ1v) is 6.99. The molecule has 1 aromatic carbocycles. The van der Waals surface area contributed by atoms with Gasteiger partial charge < -0.3 is 10.5 Å². The molecule has 0 unspecified atom stereocenters. The third-order valence-corrected chi connectivity index (χ3v) is 3.88. The maximum atomic E-state index is 11.0. The Balaban J connectivity index is 2.07. The number of aryl methyl sites for hydroxylation is 1. The summed E-state index contributed by atoms with van der Waals surface area (Å²) in [5.41, 5.74) is 9.06. The highest BCUT2D eigenvalue weighted by atomic mass is 32.1. The van der Waals surface area contributed by atoms with E-state index >= 15 is 0 Å². The summed E-state index contributed by atoms with van der Waals surface area (Å²) in [6.07, 6.45) is 0.681. The fraction of sp³-hybridized carbons (Fsp3) is 0.308. The molecule has 0 atom stereocenters.